The van der Waals surface area contributed by atoms with E-state index in [1.165, 1.54) is 16.7 Å². The molecule has 1 aliphatic heterocycles. The van der Waals surface area contributed by atoms with E-state index in [1.807, 2.05) is 0 Å². The van der Waals surface area contributed by atoms with Crippen molar-refractivity contribution in [3.63, 3.8) is 0 Å². The van der Waals surface area contributed by atoms with E-state index in [0.29, 0.717) is 6.61 Å². The van der Waals surface area contributed by atoms with Gasteiger partial charge in [-0.1, -0.05) is 25.1 Å². The molecule has 76 valence electrons. The Bertz CT molecular complexity index is 322. The van der Waals surface area contributed by atoms with Gasteiger partial charge in [-0.25, -0.2) is 0 Å². The molecule has 1 aliphatic rings. The Kier molecular flexibility index (Phi) is 2.85. The topological polar surface area (TPSA) is 35.2 Å². The van der Waals surface area contributed by atoms with Gasteiger partial charge in [-0.05, 0) is 29.5 Å². The molecule has 0 amide bonds. The van der Waals surface area contributed by atoms with E-state index in [1.54, 1.807) is 0 Å². The van der Waals surface area contributed by atoms with Crippen LogP contribution in [0, 0.1) is 0 Å². The first-order valence-corrected chi connectivity index (χ1v) is 5.26. The number of rotatable bonds is 1. The van der Waals surface area contributed by atoms with Crippen molar-refractivity contribution in [1.29, 1.82) is 0 Å². The highest BCUT2D eigenvalue weighted by Gasteiger charge is 2.15. The van der Waals surface area contributed by atoms with Gasteiger partial charge >= 0.3 is 0 Å². The first kappa shape index (κ1) is 9.69. The molecule has 1 aromatic carbocycles. The minimum Gasteiger partial charge on any atom is -0.379 e. The Labute approximate surface area is 85.1 Å². The molecule has 0 radical (unpaired) electrons. The van der Waals surface area contributed by atoms with Gasteiger partial charge in [0.1, 0.15) is 0 Å². The summed E-state index contributed by atoms with van der Waals surface area (Å²) >= 11 is 0. The Morgan fingerprint density at radius 3 is 3.14 bits per heavy atom. The Balaban J connectivity index is 2.39. The van der Waals surface area contributed by atoms with Crippen LogP contribution in [-0.4, -0.2) is 13.2 Å². The molecule has 2 N–H and O–H groups in total. The van der Waals surface area contributed by atoms with Crippen LogP contribution in [0.25, 0.3) is 0 Å². The van der Waals surface area contributed by atoms with Crippen molar-refractivity contribution < 1.29 is 4.74 Å². The third-order valence-electron chi connectivity index (χ3n) is 2.83. The maximum absolute atomic E-state index is 6.04. The summed E-state index contributed by atoms with van der Waals surface area (Å²) in [6.45, 7) is 3.62. The van der Waals surface area contributed by atoms with Gasteiger partial charge in [-0.3, -0.25) is 0 Å². The molecule has 0 aromatic heterocycles. The molecule has 2 nitrogen and oxygen atoms in total. The number of hydrogen-bond donors (Lipinski definition) is 1. The predicted octanol–water partition coefficient (Wildman–Crippen LogP) is 1.82. The van der Waals surface area contributed by atoms with Crippen molar-refractivity contribution in [2.24, 2.45) is 5.73 Å². The van der Waals surface area contributed by atoms with Crippen molar-refractivity contribution in [3.05, 3.63) is 34.9 Å². The molecule has 1 heterocycles. The molecule has 1 atom stereocenters. The summed E-state index contributed by atoms with van der Waals surface area (Å²) in [6, 6.07) is 6.67. The van der Waals surface area contributed by atoms with Crippen LogP contribution < -0.4 is 5.73 Å². The van der Waals surface area contributed by atoms with Crippen LogP contribution in [-0.2, 0) is 17.6 Å². The molecule has 0 saturated heterocycles. The molecule has 14 heavy (non-hydrogen) atoms. The van der Waals surface area contributed by atoms with E-state index in [9.17, 15) is 0 Å². The highest BCUT2D eigenvalue weighted by molar-refractivity contribution is 5.35. The second kappa shape index (κ2) is 4.11. The van der Waals surface area contributed by atoms with Crippen LogP contribution in [0.4, 0.5) is 0 Å². The predicted molar refractivity (Wildman–Crippen MR) is 57.3 cm³/mol. The quantitative estimate of drug-likeness (QED) is 0.735. The molecule has 1 aromatic rings. The smallest absolute Gasteiger partial charge is 0.0659 e. The van der Waals surface area contributed by atoms with Crippen LogP contribution in [0.3, 0.4) is 0 Å². The Hall–Kier alpha value is -0.860. The SMILES string of the molecule is CCc1ccc2c(c1)C(N)COCC2. The first-order valence-electron chi connectivity index (χ1n) is 5.26. The molecule has 2 heteroatoms. The molecule has 0 bridgehead atoms. The van der Waals surface area contributed by atoms with Crippen molar-refractivity contribution in [1.82, 2.24) is 0 Å². The van der Waals surface area contributed by atoms with Gasteiger partial charge in [0.25, 0.3) is 0 Å². The monoisotopic (exact) mass is 191 g/mol. The van der Waals surface area contributed by atoms with Crippen molar-refractivity contribution in [2.45, 2.75) is 25.8 Å². The van der Waals surface area contributed by atoms with Gasteiger partial charge in [0.2, 0.25) is 0 Å². The summed E-state index contributed by atoms with van der Waals surface area (Å²) in [5.41, 5.74) is 10.0. The summed E-state index contributed by atoms with van der Waals surface area (Å²) in [6.07, 6.45) is 2.06. The zero-order valence-electron chi connectivity index (χ0n) is 8.62. The van der Waals surface area contributed by atoms with Crippen LogP contribution in [0.2, 0.25) is 0 Å². The molecule has 1 unspecified atom stereocenters. The van der Waals surface area contributed by atoms with Crippen LogP contribution in [0.1, 0.15) is 29.7 Å². The Morgan fingerprint density at radius 2 is 2.36 bits per heavy atom. The number of aryl methyl sites for hydroxylation is 1. The lowest BCUT2D eigenvalue weighted by Crippen LogP contribution is -2.16. The van der Waals surface area contributed by atoms with Crippen molar-refractivity contribution >= 4 is 0 Å². The van der Waals surface area contributed by atoms with Crippen LogP contribution >= 0.6 is 0 Å². The number of hydrogen-bond acceptors (Lipinski definition) is 2. The first-order chi connectivity index (χ1) is 6.81. The fourth-order valence-corrected chi connectivity index (χ4v) is 1.92. The van der Waals surface area contributed by atoms with E-state index in [-0.39, 0.29) is 6.04 Å². The summed E-state index contributed by atoms with van der Waals surface area (Å²) in [5, 5.41) is 0. The summed E-state index contributed by atoms with van der Waals surface area (Å²) in [5.74, 6) is 0. The van der Waals surface area contributed by atoms with Crippen LogP contribution in [0.15, 0.2) is 18.2 Å². The minimum atomic E-state index is 0.0546. The van der Waals surface area contributed by atoms with Crippen molar-refractivity contribution in [3.8, 4) is 0 Å². The Morgan fingerprint density at radius 1 is 1.50 bits per heavy atom. The number of fused-ring (bicyclic) bond motifs is 1. The van der Waals surface area contributed by atoms with Gasteiger partial charge in [0.15, 0.2) is 0 Å². The average molecular weight is 191 g/mol. The standard InChI is InChI=1S/C12H17NO/c1-2-9-3-4-10-5-6-14-8-12(13)11(10)7-9/h3-4,7,12H,2,5-6,8,13H2,1H3. The second-order valence-electron chi connectivity index (χ2n) is 3.82. The summed E-state index contributed by atoms with van der Waals surface area (Å²) in [4.78, 5) is 0. The molecule has 0 fully saturated rings. The third-order valence-corrected chi connectivity index (χ3v) is 2.83. The number of nitrogens with two attached hydrogens (primary N) is 1. The van der Waals surface area contributed by atoms with Gasteiger partial charge in [0.05, 0.1) is 19.3 Å². The number of benzene rings is 1. The van der Waals surface area contributed by atoms with Gasteiger partial charge in [0, 0.05) is 0 Å². The normalized spacial score (nSPS) is 21.4. The van der Waals surface area contributed by atoms with E-state index < -0.39 is 0 Å². The molecule has 0 aliphatic carbocycles. The van der Waals surface area contributed by atoms with Gasteiger partial charge < -0.3 is 10.5 Å². The summed E-state index contributed by atoms with van der Waals surface area (Å²) in [7, 11) is 0. The van der Waals surface area contributed by atoms with E-state index in [4.69, 9.17) is 10.5 Å². The highest BCUT2D eigenvalue weighted by atomic mass is 16.5. The summed E-state index contributed by atoms with van der Waals surface area (Å²) < 4.78 is 5.44. The zero-order chi connectivity index (χ0) is 9.97. The fourth-order valence-electron chi connectivity index (χ4n) is 1.92. The maximum atomic E-state index is 6.04. The van der Waals surface area contributed by atoms with Gasteiger partial charge in [-0.2, -0.15) is 0 Å². The fraction of sp³-hybridized carbons (Fsp3) is 0.500. The van der Waals surface area contributed by atoms with Gasteiger partial charge in [-0.15, -0.1) is 0 Å². The number of ether oxygens (including phenoxy) is 1. The van der Waals surface area contributed by atoms with E-state index >= 15 is 0 Å². The van der Waals surface area contributed by atoms with Crippen molar-refractivity contribution in [2.75, 3.05) is 13.2 Å². The van der Waals surface area contributed by atoms with E-state index in [2.05, 4.69) is 25.1 Å². The van der Waals surface area contributed by atoms with E-state index in [0.717, 1.165) is 19.4 Å². The molecule has 0 saturated carbocycles. The second-order valence-corrected chi connectivity index (χ2v) is 3.82. The maximum Gasteiger partial charge on any atom is 0.0659 e. The highest BCUT2D eigenvalue weighted by Crippen LogP contribution is 2.22. The lowest BCUT2D eigenvalue weighted by atomic mass is 9.97. The van der Waals surface area contributed by atoms with Crippen LogP contribution in [0.5, 0.6) is 0 Å². The lowest BCUT2D eigenvalue weighted by molar-refractivity contribution is 0.131. The molecule has 2 rings (SSSR count). The molecular weight excluding hydrogens is 174 g/mol. The molecule has 0 spiro atoms. The molecular formula is C12H17NO. The largest absolute Gasteiger partial charge is 0.379 e. The average Bonchev–Trinajstić information content (AvgIpc) is 2.40. The minimum absolute atomic E-state index is 0.0546. The zero-order valence-corrected chi connectivity index (χ0v) is 8.62. The lowest BCUT2D eigenvalue weighted by Gasteiger charge is -2.12. The third kappa shape index (κ3) is 1.81.